The Morgan fingerprint density at radius 3 is 2.47 bits per heavy atom. The maximum absolute atomic E-state index is 6.03. The van der Waals surface area contributed by atoms with E-state index in [1.807, 2.05) is 0 Å². The highest BCUT2D eigenvalue weighted by Gasteiger charge is 2.39. The van der Waals surface area contributed by atoms with Gasteiger partial charge in [-0.2, -0.15) is 0 Å². The van der Waals surface area contributed by atoms with Gasteiger partial charge in [-0.3, -0.25) is 0 Å². The molecule has 2 aliphatic rings. The summed E-state index contributed by atoms with van der Waals surface area (Å²) in [6.07, 6.45) is 8.89. The van der Waals surface area contributed by atoms with E-state index in [4.69, 9.17) is 4.74 Å². The summed E-state index contributed by atoms with van der Waals surface area (Å²) in [5, 5.41) is 0. The average molecular weight is 210 g/mol. The Balaban J connectivity index is 1.59. The van der Waals surface area contributed by atoms with Crippen LogP contribution in [0.25, 0.3) is 0 Å². The van der Waals surface area contributed by atoms with E-state index in [9.17, 15) is 0 Å². The maximum Gasteiger partial charge on any atom is 0.0606 e. The van der Waals surface area contributed by atoms with Crippen molar-refractivity contribution < 1.29 is 4.74 Å². The summed E-state index contributed by atoms with van der Waals surface area (Å²) in [5.41, 5.74) is 0.470. The Bertz CT molecular complexity index is 204. The lowest BCUT2D eigenvalue weighted by Crippen LogP contribution is -2.21. The molecule has 0 heterocycles. The van der Waals surface area contributed by atoms with Crippen molar-refractivity contribution in [2.75, 3.05) is 6.61 Å². The standard InChI is InChI=1S/C14H26O/c1-14(2,3)7-4-8-15-13-10-11-5-6-12(13)9-11/h11-13H,4-10H2,1-3H3. The Morgan fingerprint density at radius 1 is 1.13 bits per heavy atom. The van der Waals surface area contributed by atoms with Gasteiger partial charge in [0, 0.05) is 6.61 Å². The molecule has 2 rings (SSSR count). The molecule has 0 aliphatic heterocycles. The summed E-state index contributed by atoms with van der Waals surface area (Å²) in [7, 11) is 0. The van der Waals surface area contributed by atoms with E-state index >= 15 is 0 Å². The first-order valence-corrected chi connectivity index (χ1v) is 6.66. The molecule has 0 radical (unpaired) electrons. The molecule has 2 saturated carbocycles. The lowest BCUT2D eigenvalue weighted by molar-refractivity contribution is 0.0119. The zero-order valence-electron chi connectivity index (χ0n) is 10.6. The topological polar surface area (TPSA) is 9.23 Å². The van der Waals surface area contributed by atoms with Gasteiger partial charge < -0.3 is 4.74 Å². The third-order valence-electron chi connectivity index (χ3n) is 4.08. The molecule has 2 fully saturated rings. The van der Waals surface area contributed by atoms with Crippen molar-refractivity contribution in [2.45, 2.75) is 65.4 Å². The van der Waals surface area contributed by atoms with Gasteiger partial charge in [-0.15, -0.1) is 0 Å². The summed E-state index contributed by atoms with van der Waals surface area (Å²) < 4.78 is 6.03. The molecule has 0 N–H and O–H groups in total. The summed E-state index contributed by atoms with van der Waals surface area (Å²) in [6, 6.07) is 0. The molecule has 0 aromatic rings. The van der Waals surface area contributed by atoms with Gasteiger partial charge in [0.2, 0.25) is 0 Å². The number of hydrogen-bond donors (Lipinski definition) is 0. The molecule has 2 aliphatic carbocycles. The first-order chi connectivity index (χ1) is 7.04. The highest BCUT2D eigenvalue weighted by atomic mass is 16.5. The third-order valence-corrected chi connectivity index (χ3v) is 4.08. The lowest BCUT2D eigenvalue weighted by atomic mass is 9.91. The summed E-state index contributed by atoms with van der Waals surface area (Å²) >= 11 is 0. The summed E-state index contributed by atoms with van der Waals surface area (Å²) in [6.45, 7) is 7.92. The third kappa shape index (κ3) is 3.21. The SMILES string of the molecule is CC(C)(C)CCCOC1CC2CCC1C2. The van der Waals surface area contributed by atoms with Crippen molar-refractivity contribution in [3.63, 3.8) is 0 Å². The Labute approximate surface area is 94.6 Å². The molecule has 3 unspecified atom stereocenters. The molecular formula is C14H26O. The van der Waals surface area contributed by atoms with Crippen LogP contribution in [0.4, 0.5) is 0 Å². The molecule has 0 amide bonds. The molecule has 0 aromatic heterocycles. The molecule has 0 spiro atoms. The van der Waals surface area contributed by atoms with Crippen LogP contribution in [-0.4, -0.2) is 12.7 Å². The van der Waals surface area contributed by atoms with Crippen molar-refractivity contribution in [2.24, 2.45) is 17.3 Å². The maximum atomic E-state index is 6.03. The second-order valence-corrected chi connectivity index (χ2v) is 6.75. The van der Waals surface area contributed by atoms with Crippen LogP contribution in [0.2, 0.25) is 0 Å². The van der Waals surface area contributed by atoms with E-state index < -0.39 is 0 Å². The summed E-state index contributed by atoms with van der Waals surface area (Å²) in [5.74, 6) is 1.94. The second kappa shape index (κ2) is 4.45. The van der Waals surface area contributed by atoms with Crippen molar-refractivity contribution in [3.05, 3.63) is 0 Å². The van der Waals surface area contributed by atoms with Crippen LogP contribution < -0.4 is 0 Å². The Hall–Kier alpha value is -0.0400. The Kier molecular flexibility index (Phi) is 3.39. The highest BCUT2D eigenvalue weighted by molar-refractivity contribution is 4.90. The van der Waals surface area contributed by atoms with Crippen LogP contribution >= 0.6 is 0 Å². The predicted molar refractivity (Wildman–Crippen MR) is 63.9 cm³/mol. The van der Waals surface area contributed by atoms with Gasteiger partial charge in [0.1, 0.15) is 0 Å². The molecule has 2 bridgehead atoms. The second-order valence-electron chi connectivity index (χ2n) is 6.75. The fourth-order valence-electron chi connectivity index (χ4n) is 3.23. The van der Waals surface area contributed by atoms with Gasteiger partial charge in [-0.05, 0) is 55.8 Å². The quantitative estimate of drug-likeness (QED) is 0.637. The monoisotopic (exact) mass is 210 g/mol. The van der Waals surface area contributed by atoms with Crippen LogP contribution in [0.5, 0.6) is 0 Å². The van der Waals surface area contributed by atoms with E-state index in [2.05, 4.69) is 20.8 Å². The summed E-state index contributed by atoms with van der Waals surface area (Å²) in [4.78, 5) is 0. The zero-order chi connectivity index (χ0) is 10.9. The van der Waals surface area contributed by atoms with Gasteiger partial charge in [-0.25, -0.2) is 0 Å². The van der Waals surface area contributed by atoms with Gasteiger partial charge in [0.15, 0.2) is 0 Å². The first kappa shape index (κ1) is 11.4. The minimum atomic E-state index is 0.470. The fourth-order valence-corrected chi connectivity index (χ4v) is 3.23. The molecule has 0 aromatic carbocycles. The number of rotatable bonds is 4. The zero-order valence-corrected chi connectivity index (χ0v) is 10.6. The minimum Gasteiger partial charge on any atom is -0.378 e. The number of ether oxygens (including phenoxy) is 1. The molecule has 1 heteroatoms. The van der Waals surface area contributed by atoms with Crippen LogP contribution in [0.1, 0.15) is 59.3 Å². The van der Waals surface area contributed by atoms with Gasteiger partial charge in [-0.1, -0.05) is 20.8 Å². The predicted octanol–water partition coefficient (Wildman–Crippen LogP) is 4.02. The minimum absolute atomic E-state index is 0.470. The van der Waals surface area contributed by atoms with Crippen LogP contribution in [-0.2, 0) is 4.74 Å². The molecule has 15 heavy (non-hydrogen) atoms. The first-order valence-electron chi connectivity index (χ1n) is 6.66. The molecule has 88 valence electrons. The van der Waals surface area contributed by atoms with E-state index in [1.165, 1.54) is 38.5 Å². The number of hydrogen-bond acceptors (Lipinski definition) is 1. The lowest BCUT2D eigenvalue weighted by Gasteiger charge is -2.23. The van der Waals surface area contributed by atoms with Crippen molar-refractivity contribution >= 4 is 0 Å². The molecule has 3 atom stereocenters. The van der Waals surface area contributed by atoms with Crippen LogP contribution in [0, 0.1) is 17.3 Å². The largest absolute Gasteiger partial charge is 0.378 e. The van der Waals surface area contributed by atoms with Gasteiger partial charge >= 0.3 is 0 Å². The normalized spacial score (nSPS) is 35.0. The van der Waals surface area contributed by atoms with E-state index in [-0.39, 0.29) is 0 Å². The van der Waals surface area contributed by atoms with Crippen molar-refractivity contribution in [1.29, 1.82) is 0 Å². The van der Waals surface area contributed by atoms with Gasteiger partial charge in [0.05, 0.1) is 6.10 Å². The smallest absolute Gasteiger partial charge is 0.0606 e. The van der Waals surface area contributed by atoms with Crippen LogP contribution in [0.3, 0.4) is 0 Å². The molecule has 0 saturated heterocycles. The highest BCUT2D eigenvalue weighted by Crippen LogP contribution is 2.45. The van der Waals surface area contributed by atoms with E-state index in [0.717, 1.165) is 18.4 Å². The number of fused-ring (bicyclic) bond motifs is 2. The molecular weight excluding hydrogens is 184 g/mol. The fraction of sp³-hybridized carbons (Fsp3) is 1.00. The van der Waals surface area contributed by atoms with Crippen molar-refractivity contribution in [3.8, 4) is 0 Å². The van der Waals surface area contributed by atoms with E-state index in [1.54, 1.807) is 0 Å². The Morgan fingerprint density at radius 2 is 1.93 bits per heavy atom. The van der Waals surface area contributed by atoms with E-state index in [0.29, 0.717) is 11.5 Å². The average Bonchev–Trinajstić information content (AvgIpc) is 2.71. The van der Waals surface area contributed by atoms with Gasteiger partial charge in [0.25, 0.3) is 0 Å². The molecule has 1 nitrogen and oxygen atoms in total. The van der Waals surface area contributed by atoms with Crippen LogP contribution in [0.15, 0.2) is 0 Å². The van der Waals surface area contributed by atoms with Crippen molar-refractivity contribution in [1.82, 2.24) is 0 Å².